The van der Waals surface area contributed by atoms with Gasteiger partial charge < -0.3 is 4.42 Å². The average Bonchev–Trinajstić information content (AvgIpc) is 3.03. The Morgan fingerprint density at radius 1 is 0.947 bits per heavy atom. The molecule has 1 aromatic carbocycles. The maximum atomic E-state index is 5.78. The molecule has 2 aromatic heterocycles. The maximum absolute atomic E-state index is 5.78. The van der Waals surface area contributed by atoms with Crippen molar-refractivity contribution < 1.29 is 4.42 Å². The summed E-state index contributed by atoms with van der Waals surface area (Å²) in [5, 5.41) is 10.3. The largest absolute Gasteiger partial charge is 0.415 e. The summed E-state index contributed by atoms with van der Waals surface area (Å²) in [7, 11) is 0. The van der Waals surface area contributed by atoms with Gasteiger partial charge in [0, 0.05) is 5.56 Å². The van der Waals surface area contributed by atoms with Gasteiger partial charge in [-0.25, -0.2) is 0 Å². The Bertz CT molecular complexity index is 714. The Labute approximate surface area is 115 Å². The Morgan fingerprint density at radius 2 is 1.68 bits per heavy atom. The molecule has 19 heavy (non-hydrogen) atoms. The third-order valence-electron chi connectivity index (χ3n) is 3.23. The van der Waals surface area contributed by atoms with Gasteiger partial charge in [0.15, 0.2) is 0 Å². The molecule has 2 heterocycles. The van der Waals surface area contributed by atoms with Gasteiger partial charge in [0.1, 0.15) is 0 Å². The standard InChI is InChI=1S/C15H14N2OS/c1-9-7-11(3)12(8-10(9)2)14-16-17-15(18-14)13-5-4-6-19-13/h4-8H,1-3H3. The molecule has 0 aliphatic carbocycles. The van der Waals surface area contributed by atoms with E-state index in [1.54, 1.807) is 11.3 Å². The van der Waals surface area contributed by atoms with Gasteiger partial charge in [0.2, 0.25) is 5.89 Å². The lowest BCUT2D eigenvalue weighted by molar-refractivity contribution is 0.585. The fourth-order valence-corrected chi connectivity index (χ4v) is 2.67. The van der Waals surface area contributed by atoms with E-state index in [9.17, 15) is 0 Å². The third kappa shape index (κ3) is 2.19. The first kappa shape index (κ1) is 12.1. The van der Waals surface area contributed by atoms with E-state index in [0.29, 0.717) is 11.8 Å². The van der Waals surface area contributed by atoms with Crippen molar-refractivity contribution in [3.8, 4) is 22.2 Å². The number of hydrogen-bond donors (Lipinski definition) is 0. The highest BCUT2D eigenvalue weighted by molar-refractivity contribution is 7.13. The topological polar surface area (TPSA) is 38.9 Å². The molecule has 0 aliphatic rings. The number of rotatable bonds is 2. The van der Waals surface area contributed by atoms with Crippen molar-refractivity contribution in [3.63, 3.8) is 0 Å². The second kappa shape index (κ2) is 4.63. The van der Waals surface area contributed by atoms with Gasteiger partial charge in [0.25, 0.3) is 5.89 Å². The first-order valence-electron chi connectivity index (χ1n) is 6.11. The first-order valence-corrected chi connectivity index (χ1v) is 6.98. The summed E-state index contributed by atoms with van der Waals surface area (Å²) in [6.07, 6.45) is 0. The van der Waals surface area contributed by atoms with Crippen molar-refractivity contribution in [3.05, 3.63) is 46.3 Å². The Balaban J connectivity index is 2.06. The zero-order chi connectivity index (χ0) is 13.4. The fraction of sp³-hybridized carbons (Fsp3) is 0.200. The quantitative estimate of drug-likeness (QED) is 0.693. The number of hydrogen-bond acceptors (Lipinski definition) is 4. The molecule has 0 radical (unpaired) electrons. The van der Waals surface area contributed by atoms with Crippen LogP contribution in [0.2, 0.25) is 0 Å². The molecule has 3 aromatic rings. The first-order chi connectivity index (χ1) is 9.15. The number of thiophene rings is 1. The zero-order valence-electron chi connectivity index (χ0n) is 11.1. The van der Waals surface area contributed by atoms with E-state index in [2.05, 4.69) is 43.1 Å². The van der Waals surface area contributed by atoms with Crippen LogP contribution in [0.15, 0.2) is 34.1 Å². The number of benzene rings is 1. The van der Waals surface area contributed by atoms with Gasteiger partial charge in [-0.05, 0) is 55.0 Å². The van der Waals surface area contributed by atoms with Crippen molar-refractivity contribution in [2.45, 2.75) is 20.8 Å². The number of nitrogens with zero attached hydrogens (tertiary/aromatic N) is 2. The lowest BCUT2D eigenvalue weighted by atomic mass is 10.0. The maximum Gasteiger partial charge on any atom is 0.258 e. The molecular weight excluding hydrogens is 256 g/mol. The van der Waals surface area contributed by atoms with Gasteiger partial charge >= 0.3 is 0 Å². The summed E-state index contributed by atoms with van der Waals surface area (Å²) in [6, 6.07) is 8.22. The van der Waals surface area contributed by atoms with E-state index in [4.69, 9.17) is 4.42 Å². The van der Waals surface area contributed by atoms with Crippen molar-refractivity contribution in [2.24, 2.45) is 0 Å². The molecular formula is C15H14N2OS. The molecule has 0 atom stereocenters. The highest BCUT2D eigenvalue weighted by atomic mass is 32.1. The van der Waals surface area contributed by atoms with Crippen LogP contribution in [0.25, 0.3) is 22.2 Å². The summed E-state index contributed by atoms with van der Waals surface area (Å²) >= 11 is 1.60. The smallest absolute Gasteiger partial charge is 0.258 e. The Morgan fingerprint density at radius 3 is 2.42 bits per heavy atom. The molecule has 96 valence electrons. The van der Waals surface area contributed by atoms with E-state index in [1.807, 2.05) is 17.5 Å². The van der Waals surface area contributed by atoms with Gasteiger partial charge in [-0.1, -0.05) is 12.1 Å². The van der Waals surface area contributed by atoms with Gasteiger partial charge in [-0.3, -0.25) is 0 Å². The predicted molar refractivity (Wildman–Crippen MR) is 77.3 cm³/mol. The van der Waals surface area contributed by atoms with Crippen LogP contribution >= 0.6 is 11.3 Å². The molecule has 4 heteroatoms. The summed E-state index contributed by atoms with van der Waals surface area (Å²) < 4.78 is 5.78. The summed E-state index contributed by atoms with van der Waals surface area (Å²) in [5.74, 6) is 1.17. The van der Waals surface area contributed by atoms with Gasteiger partial charge in [0.05, 0.1) is 4.88 Å². The van der Waals surface area contributed by atoms with Crippen LogP contribution in [0.4, 0.5) is 0 Å². The van der Waals surface area contributed by atoms with Crippen molar-refractivity contribution in [1.29, 1.82) is 0 Å². The highest BCUT2D eigenvalue weighted by Gasteiger charge is 2.13. The summed E-state index contributed by atoms with van der Waals surface area (Å²) in [6.45, 7) is 6.27. The summed E-state index contributed by atoms with van der Waals surface area (Å²) in [4.78, 5) is 1.00. The Hall–Kier alpha value is -1.94. The molecule has 0 unspecified atom stereocenters. The second-order valence-corrected chi connectivity index (χ2v) is 5.59. The van der Waals surface area contributed by atoms with Crippen molar-refractivity contribution in [2.75, 3.05) is 0 Å². The van der Waals surface area contributed by atoms with E-state index in [-0.39, 0.29) is 0 Å². The monoisotopic (exact) mass is 270 g/mol. The van der Waals surface area contributed by atoms with Crippen LogP contribution in [0, 0.1) is 20.8 Å². The molecule has 0 N–H and O–H groups in total. The van der Waals surface area contributed by atoms with Crippen molar-refractivity contribution >= 4 is 11.3 Å². The van der Waals surface area contributed by atoms with Gasteiger partial charge in [-0.15, -0.1) is 21.5 Å². The number of aromatic nitrogens is 2. The molecule has 0 amide bonds. The molecule has 0 fully saturated rings. The van der Waals surface area contributed by atoms with E-state index in [0.717, 1.165) is 16.0 Å². The van der Waals surface area contributed by atoms with Crippen LogP contribution in [0.3, 0.4) is 0 Å². The molecule has 0 saturated heterocycles. The highest BCUT2D eigenvalue weighted by Crippen LogP contribution is 2.29. The van der Waals surface area contributed by atoms with Crippen LogP contribution in [0.1, 0.15) is 16.7 Å². The van der Waals surface area contributed by atoms with E-state index >= 15 is 0 Å². The number of aryl methyl sites for hydroxylation is 3. The predicted octanol–water partition coefficient (Wildman–Crippen LogP) is 4.39. The third-order valence-corrected chi connectivity index (χ3v) is 4.09. The SMILES string of the molecule is Cc1cc(C)c(-c2nnc(-c3cccs3)o2)cc1C. The van der Waals surface area contributed by atoms with Crippen LogP contribution in [0.5, 0.6) is 0 Å². The lowest BCUT2D eigenvalue weighted by Crippen LogP contribution is -1.88. The average molecular weight is 270 g/mol. The lowest BCUT2D eigenvalue weighted by Gasteiger charge is -2.05. The van der Waals surface area contributed by atoms with Crippen LogP contribution in [-0.4, -0.2) is 10.2 Å². The molecule has 0 bridgehead atoms. The second-order valence-electron chi connectivity index (χ2n) is 4.64. The normalized spacial score (nSPS) is 10.9. The fourth-order valence-electron chi connectivity index (χ4n) is 2.02. The minimum Gasteiger partial charge on any atom is -0.415 e. The van der Waals surface area contributed by atoms with Gasteiger partial charge in [-0.2, -0.15) is 0 Å². The zero-order valence-corrected chi connectivity index (χ0v) is 11.9. The molecule has 3 nitrogen and oxygen atoms in total. The molecule has 0 spiro atoms. The molecule has 0 aliphatic heterocycles. The Kier molecular flexibility index (Phi) is 2.95. The van der Waals surface area contributed by atoms with Crippen molar-refractivity contribution in [1.82, 2.24) is 10.2 Å². The van der Waals surface area contributed by atoms with Crippen LogP contribution < -0.4 is 0 Å². The van der Waals surface area contributed by atoms with E-state index < -0.39 is 0 Å². The molecule has 0 saturated carbocycles. The summed E-state index contributed by atoms with van der Waals surface area (Å²) in [5.41, 5.74) is 4.68. The molecule has 3 rings (SSSR count). The van der Waals surface area contributed by atoms with Crippen LogP contribution in [-0.2, 0) is 0 Å². The minimum absolute atomic E-state index is 0.586. The minimum atomic E-state index is 0.586. The van der Waals surface area contributed by atoms with E-state index in [1.165, 1.54) is 11.1 Å².